The largest absolute Gasteiger partial charge is 0.493 e. The van der Waals surface area contributed by atoms with E-state index in [0.717, 1.165) is 10.5 Å². The van der Waals surface area contributed by atoms with Crippen LogP contribution in [0.2, 0.25) is 0 Å². The summed E-state index contributed by atoms with van der Waals surface area (Å²) in [4.78, 5) is 37.5. The average molecular weight is 395 g/mol. The number of nitrogens with zero attached hydrogens (tertiary/aromatic N) is 1. The van der Waals surface area contributed by atoms with Crippen LogP contribution in [-0.2, 0) is 16.0 Å². The lowest BCUT2D eigenvalue weighted by atomic mass is 10.1. The van der Waals surface area contributed by atoms with Crippen molar-refractivity contribution in [3.8, 4) is 11.5 Å². The Labute approximate surface area is 168 Å². The number of hydrogen-bond acceptors (Lipinski definition) is 6. The lowest BCUT2D eigenvalue weighted by molar-refractivity contribution is -0.146. The number of esters is 1. The van der Waals surface area contributed by atoms with Gasteiger partial charge in [-0.15, -0.1) is 6.58 Å². The Morgan fingerprint density at radius 3 is 2.38 bits per heavy atom. The molecular formula is C22H21NO6. The second-order valence-electron chi connectivity index (χ2n) is 6.29. The number of allylic oxidation sites excluding steroid dienone is 1. The highest BCUT2D eigenvalue weighted by molar-refractivity contribution is 6.21. The van der Waals surface area contributed by atoms with Gasteiger partial charge in [-0.2, -0.15) is 0 Å². The molecule has 0 bridgehead atoms. The minimum absolute atomic E-state index is 0.0162. The monoisotopic (exact) mass is 395 g/mol. The van der Waals surface area contributed by atoms with Crippen LogP contribution in [0.1, 0.15) is 26.3 Å². The fraction of sp³-hybridized carbons (Fsp3) is 0.227. The van der Waals surface area contributed by atoms with Gasteiger partial charge in [0.2, 0.25) is 0 Å². The van der Waals surface area contributed by atoms with Crippen LogP contribution in [0.5, 0.6) is 11.5 Å². The Morgan fingerprint density at radius 2 is 1.76 bits per heavy atom. The van der Waals surface area contributed by atoms with Gasteiger partial charge in [-0.05, 0) is 36.2 Å². The number of fused-ring (bicyclic) bond motifs is 1. The Bertz CT molecular complexity index is 917. The quantitative estimate of drug-likeness (QED) is 0.369. The summed E-state index contributed by atoms with van der Waals surface area (Å²) in [5, 5.41) is 0. The number of amides is 2. The average Bonchev–Trinajstić information content (AvgIpc) is 2.98. The van der Waals surface area contributed by atoms with E-state index >= 15 is 0 Å². The van der Waals surface area contributed by atoms with E-state index < -0.39 is 5.97 Å². The molecule has 1 heterocycles. The van der Waals surface area contributed by atoms with Crippen molar-refractivity contribution < 1.29 is 28.6 Å². The van der Waals surface area contributed by atoms with E-state index in [-0.39, 0.29) is 31.6 Å². The summed E-state index contributed by atoms with van der Waals surface area (Å²) in [5.74, 6) is -0.468. The molecule has 7 nitrogen and oxygen atoms in total. The van der Waals surface area contributed by atoms with Crippen molar-refractivity contribution >= 4 is 17.8 Å². The van der Waals surface area contributed by atoms with E-state index in [1.54, 1.807) is 36.4 Å². The molecule has 1 aliphatic rings. The smallest absolute Gasteiger partial charge is 0.344 e. The molecule has 0 saturated carbocycles. The van der Waals surface area contributed by atoms with E-state index in [9.17, 15) is 14.4 Å². The van der Waals surface area contributed by atoms with Crippen molar-refractivity contribution in [3.63, 3.8) is 0 Å². The molecule has 150 valence electrons. The second-order valence-corrected chi connectivity index (χ2v) is 6.29. The van der Waals surface area contributed by atoms with Crippen LogP contribution in [0.3, 0.4) is 0 Å². The van der Waals surface area contributed by atoms with Gasteiger partial charge in [0, 0.05) is 0 Å². The molecular weight excluding hydrogens is 374 g/mol. The maximum Gasteiger partial charge on any atom is 0.344 e. The van der Waals surface area contributed by atoms with Gasteiger partial charge in [-0.3, -0.25) is 14.5 Å². The molecule has 0 N–H and O–H groups in total. The number of hydrogen-bond donors (Lipinski definition) is 0. The van der Waals surface area contributed by atoms with Crippen LogP contribution in [0, 0.1) is 0 Å². The molecule has 2 aromatic rings. The molecule has 0 aliphatic carbocycles. The minimum Gasteiger partial charge on any atom is -0.493 e. The highest BCUT2D eigenvalue weighted by atomic mass is 16.6. The van der Waals surface area contributed by atoms with E-state index in [4.69, 9.17) is 14.2 Å². The zero-order valence-corrected chi connectivity index (χ0v) is 16.1. The number of imide groups is 1. The lowest BCUT2D eigenvalue weighted by Crippen LogP contribution is -2.34. The number of carbonyl (C=O) groups is 3. The molecule has 0 atom stereocenters. The van der Waals surface area contributed by atoms with Crippen LogP contribution in [-0.4, -0.2) is 49.6 Å². The first-order chi connectivity index (χ1) is 14.0. The first kappa shape index (κ1) is 20.1. The fourth-order valence-corrected chi connectivity index (χ4v) is 3.00. The molecule has 0 radical (unpaired) electrons. The summed E-state index contributed by atoms with van der Waals surface area (Å²) < 4.78 is 15.8. The van der Waals surface area contributed by atoms with Crippen LogP contribution < -0.4 is 9.47 Å². The number of methoxy groups -OCH3 is 1. The zero-order chi connectivity index (χ0) is 20.8. The molecule has 29 heavy (non-hydrogen) atoms. The number of ether oxygens (including phenoxy) is 3. The summed E-state index contributed by atoms with van der Waals surface area (Å²) in [5.41, 5.74) is 1.73. The predicted molar refractivity (Wildman–Crippen MR) is 105 cm³/mol. The summed E-state index contributed by atoms with van der Waals surface area (Å²) in [6.07, 6.45) is 2.47. The topological polar surface area (TPSA) is 82.1 Å². The molecule has 1 aliphatic heterocycles. The van der Waals surface area contributed by atoms with Gasteiger partial charge in [-0.1, -0.05) is 24.3 Å². The molecule has 0 spiro atoms. The molecule has 0 saturated heterocycles. The summed E-state index contributed by atoms with van der Waals surface area (Å²) in [6.45, 7) is 3.25. The molecule has 2 aromatic carbocycles. The standard InChI is InChI=1S/C22H21NO6/c1-3-6-15-9-10-18(19(13-15)27-2)29-14-20(24)28-12-11-23-21(25)16-7-4-5-8-17(16)22(23)26/h3-5,7-10,13H,1,6,11-12,14H2,2H3. The Balaban J connectivity index is 1.48. The van der Waals surface area contributed by atoms with Gasteiger partial charge in [0.05, 0.1) is 24.8 Å². The van der Waals surface area contributed by atoms with E-state index in [1.165, 1.54) is 7.11 Å². The molecule has 0 unspecified atom stereocenters. The van der Waals surface area contributed by atoms with Crippen molar-refractivity contribution in [3.05, 3.63) is 71.8 Å². The SMILES string of the molecule is C=CCc1ccc(OCC(=O)OCCN2C(=O)c3ccccc3C2=O)c(OC)c1. The van der Waals surface area contributed by atoms with Crippen LogP contribution >= 0.6 is 0 Å². The summed E-state index contributed by atoms with van der Waals surface area (Å²) in [6, 6.07) is 12.0. The maximum atomic E-state index is 12.3. The zero-order valence-electron chi connectivity index (χ0n) is 16.1. The lowest BCUT2D eigenvalue weighted by Gasteiger charge is -2.14. The third-order valence-corrected chi connectivity index (χ3v) is 4.41. The molecule has 0 aromatic heterocycles. The van der Waals surface area contributed by atoms with Gasteiger partial charge in [0.1, 0.15) is 6.61 Å². The number of benzene rings is 2. The predicted octanol–water partition coefficient (Wildman–Crippen LogP) is 2.64. The summed E-state index contributed by atoms with van der Waals surface area (Å²) >= 11 is 0. The molecule has 2 amide bonds. The maximum absolute atomic E-state index is 12.3. The van der Waals surface area contributed by atoms with Gasteiger partial charge in [0.25, 0.3) is 11.8 Å². The Morgan fingerprint density at radius 1 is 1.07 bits per heavy atom. The summed E-state index contributed by atoms with van der Waals surface area (Å²) in [7, 11) is 1.51. The number of rotatable bonds is 9. The molecule has 7 heteroatoms. The van der Waals surface area contributed by atoms with Crippen LogP contribution in [0.15, 0.2) is 55.1 Å². The van der Waals surface area contributed by atoms with Crippen molar-refractivity contribution in [2.24, 2.45) is 0 Å². The van der Waals surface area contributed by atoms with E-state index in [1.807, 2.05) is 12.1 Å². The molecule has 0 fully saturated rings. The third-order valence-electron chi connectivity index (χ3n) is 4.41. The highest BCUT2D eigenvalue weighted by Gasteiger charge is 2.34. The van der Waals surface area contributed by atoms with Crippen molar-refractivity contribution in [2.45, 2.75) is 6.42 Å². The number of carbonyl (C=O) groups excluding carboxylic acids is 3. The van der Waals surface area contributed by atoms with E-state index in [0.29, 0.717) is 29.0 Å². The minimum atomic E-state index is -0.612. The van der Waals surface area contributed by atoms with Crippen LogP contribution in [0.25, 0.3) is 0 Å². The normalized spacial score (nSPS) is 12.5. The molecule has 3 rings (SSSR count). The van der Waals surface area contributed by atoms with Crippen molar-refractivity contribution in [1.82, 2.24) is 4.90 Å². The van der Waals surface area contributed by atoms with Crippen molar-refractivity contribution in [1.29, 1.82) is 0 Å². The van der Waals surface area contributed by atoms with Crippen LogP contribution in [0.4, 0.5) is 0 Å². The van der Waals surface area contributed by atoms with Crippen molar-refractivity contribution in [2.75, 3.05) is 26.9 Å². The van der Waals surface area contributed by atoms with Gasteiger partial charge in [-0.25, -0.2) is 4.79 Å². The highest BCUT2D eigenvalue weighted by Crippen LogP contribution is 2.28. The van der Waals surface area contributed by atoms with E-state index in [2.05, 4.69) is 6.58 Å². The third kappa shape index (κ3) is 4.45. The fourth-order valence-electron chi connectivity index (χ4n) is 3.00. The Hall–Kier alpha value is -3.61. The second kappa shape index (κ2) is 9.05. The van der Waals surface area contributed by atoms with Gasteiger partial charge in [0.15, 0.2) is 18.1 Å². The first-order valence-corrected chi connectivity index (χ1v) is 9.06. The Kier molecular flexibility index (Phi) is 6.29. The van der Waals surface area contributed by atoms with Gasteiger partial charge >= 0.3 is 5.97 Å². The van der Waals surface area contributed by atoms with Gasteiger partial charge < -0.3 is 14.2 Å². The first-order valence-electron chi connectivity index (χ1n) is 9.06.